The first-order chi connectivity index (χ1) is 19.3. The molecule has 182 valence electrons. The highest BCUT2D eigenvalue weighted by molar-refractivity contribution is 6.21. The van der Waals surface area contributed by atoms with Crippen molar-refractivity contribution in [1.82, 2.24) is 4.98 Å². The highest BCUT2D eigenvalue weighted by Crippen LogP contribution is 2.44. The molecule has 0 spiro atoms. The van der Waals surface area contributed by atoms with E-state index >= 15 is 0 Å². The van der Waals surface area contributed by atoms with E-state index in [2.05, 4.69) is 120 Å². The molecule has 0 aliphatic heterocycles. The van der Waals surface area contributed by atoms with Crippen molar-refractivity contribution in [3.8, 4) is 33.7 Å². The fraction of sp³-hybridized carbons (Fsp3) is 0. The van der Waals surface area contributed by atoms with Crippen molar-refractivity contribution >= 4 is 43.4 Å². The Morgan fingerprint density at radius 3 is 1.56 bits per heavy atom. The molecule has 7 aromatic carbocycles. The van der Waals surface area contributed by atoms with E-state index in [4.69, 9.17) is 4.42 Å². The number of fused-ring (bicyclic) bond motifs is 4. The first-order valence-electron chi connectivity index (χ1n) is 13.2. The summed E-state index contributed by atoms with van der Waals surface area (Å²) in [5.41, 5.74) is 7.67. The second kappa shape index (κ2) is 8.68. The molecule has 0 atom stereocenters. The van der Waals surface area contributed by atoms with E-state index in [0.717, 1.165) is 22.0 Å². The van der Waals surface area contributed by atoms with Crippen LogP contribution in [-0.2, 0) is 0 Å². The lowest BCUT2D eigenvalue weighted by Gasteiger charge is -2.18. The summed E-state index contributed by atoms with van der Waals surface area (Å²) in [5, 5.41) is 7.41. The summed E-state index contributed by atoms with van der Waals surface area (Å²) in [7, 11) is 0. The number of benzene rings is 7. The fourth-order valence-electron chi connectivity index (χ4n) is 5.89. The molecular weight excluding hydrogens is 474 g/mol. The third-order valence-corrected chi connectivity index (χ3v) is 7.66. The first kappa shape index (κ1) is 21.8. The van der Waals surface area contributed by atoms with Gasteiger partial charge in [0.1, 0.15) is 5.52 Å². The van der Waals surface area contributed by atoms with Crippen LogP contribution in [0.1, 0.15) is 0 Å². The highest BCUT2D eigenvalue weighted by atomic mass is 16.3. The van der Waals surface area contributed by atoms with Gasteiger partial charge in [-0.25, -0.2) is 4.98 Å². The molecule has 0 saturated heterocycles. The van der Waals surface area contributed by atoms with E-state index in [9.17, 15) is 0 Å². The molecule has 8 rings (SSSR count). The average Bonchev–Trinajstić information content (AvgIpc) is 3.44. The summed E-state index contributed by atoms with van der Waals surface area (Å²) in [5.74, 6) is 0.649. The molecule has 0 fully saturated rings. The maximum atomic E-state index is 6.03. The Hall–Kier alpha value is -5.21. The molecule has 2 nitrogen and oxygen atoms in total. The van der Waals surface area contributed by atoms with Gasteiger partial charge in [0.05, 0.1) is 0 Å². The topological polar surface area (TPSA) is 26.0 Å². The molecular formula is C37H23NO. The van der Waals surface area contributed by atoms with Crippen molar-refractivity contribution < 1.29 is 4.42 Å². The van der Waals surface area contributed by atoms with Gasteiger partial charge in [0.25, 0.3) is 0 Å². The van der Waals surface area contributed by atoms with E-state index in [1.807, 2.05) is 24.3 Å². The average molecular weight is 498 g/mol. The van der Waals surface area contributed by atoms with Crippen LogP contribution in [0.25, 0.3) is 77.1 Å². The van der Waals surface area contributed by atoms with Gasteiger partial charge >= 0.3 is 0 Å². The largest absolute Gasteiger partial charge is 0.436 e. The molecule has 0 N–H and O–H groups in total. The molecule has 39 heavy (non-hydrogen) atoms. The molecule has 0 amide bonds. The van der Waals surface area contributed by atoms with Crippen molar-refractivity contribution in [2.75, 3.05) is 0 Å². The lowest BCUT2D eigenvalue weighted by Crippen LogP contribution is -1.90. The molecule has 0 aliphatic carbocycles. The Kier molecular flexibility index (Phi) is 4.86. The molecule has 0 unspecified atom stereocenters. The number of rotatable bonds is 3. The minimum Gasteiger partial charge on any atom is -0.436 e. The summed E-state index contributed by atoms with van der Waals surface area (Å²) in [6.45, 7) is 0. The van der Waals surface area contributed by atoms with Crippen LogP contribution >= 0.6 is 0 Å². The number of nitrogens with zero attached hydrogens (tertiary/aromatic N) is 1. The van der Waals surface area contributed by atoms with E-state index < -0.39 is 0 Å². The monoisotopic (exact) mass is 497 g/mol. The van der Waals surface area contributed by atoms with Crippen LogP contribution in [0.15, 0.2) is 144 Å². The van der Waals surface area contributed by atoms with Gasteiger partial charge in [0.15, 0.2) is 5.58 Å². The molecule has 1 aromatic heterocycles. The summed E-state index contributed by atoms with van der Waals surface area (Å²) in [6.07, 6.45) is 0. The molecule has 0 saturated carbocycles. The third-order valence-electron chi connectivity index (χ3n) is 7.66. The van der Waals surface area contributed by atoms with Gasteiger partial charge in [-0.1, -0.05) is 109 Å². The maximum absolute atomic E-state index is 6.03. The Bertz CT molecular complexity index is 2080. The molecule has 1 heterocycles. The van der Waals surface area contributed by atoms with Crippen LogP contribution < -0.4 is 0 Å². The van der Waals surface area contributed by atoms with Crippen molar-refractivity contribution in [3.63, 3.8) is 0 Å². The zero-order valence-corrected chi connectivity index (χ0v) is 21.1. The number of oxazole rings is 1. The van der Waals surface area contributed by atoms with Crippen LogP contribution in [0.2, 0.25) is 0 Å². The van der Waals surface area contributed by atoms with Crippen LogP contribution in [-0.4, -0.2) is 4.98 Å². The van der Waals surface area contributed by atoms with E-state index in [-0.39, 0.29) is 0 Å². The lowest BCUT2D eigenvalue weighted by molar-refractivity contribution is 0.620. The predicted octanol–water partition coefficient (Wildman–Crippen LogP) is 10.3. The number of hydrogen-bond acceptors (Lipinski definition) is 2. The summed E-state index contributed by atoms with van der Waals surface area (Å²) in [4.78, 5) is 4.69. The van der Waals surface area contributed by atoms with Crippen LogP contribution in [0.4, 0.5) is 0 Å². The van der Waals surface area contributed by atoms with E-state index in [1.54, 1.807) is 0 Å². The Morgan fingerprint density at radius 1 is 0.410 bits per heavy atom. The number of aromatic nitrogens is 1. The molecule has 2 heteroatoms. The number of hydrogen-bond donors (Lipinski definition) is 0. The van der Waals surface area contributed by atoms with E-state index in [1.165, 1.54) is 49.2 Å². The lowest BCUT2D eigenvalue weighted by atomic mass is 9.85. The molecule has 0 bridgehead atoms. The van der Waals surface area contributed by atoms with Gasteiger partial charge in [-0.3, -0.25) is 0 Å². The zero-order chi connectivity index (χ0) is 25.8. The van der Waals surface area contributed by atoms with Crippen LogP contribution in [0.3, 0.4) is 0 Å². The SMILES string of the molecule is c1ccc(-c2c3ccccc3c(-c3ccc4cc(-c5nc6ccccc6o5)ccc4c3)c3ccccc23)cc1. The molecule has 0 radical (unpaired) electrons. The molecule has 0 aliphatic rings. The normalized spacial score (nSPS) is 11.6. The van der Waals surface area contributed by atoms with Crippen LogP contribution in [0.5, 0.6) is 0 Å². The second-order valence-electron chi connectivity index (χ2n) is 9.97. The van der Waals surface area contributed by atoms with Crippen molar-refractivity contribution in [3.05, 3.63) is 140 Å². The van der Waals surface area contributed by atoms with Crippen molar-refractivity contribution in [2.24, 2.45) is 0 Å². The standard InChI is InChI=1S/C37H23NO/c1-2-10-24(11-3-1)35-29-12-4-6-14-31(29)36(32-15-7-5-13-30(32)35)27-20-18-26-23-28(21-19-25(26)22-27)37-38-33-16-8-9-17-34(33)39-37/h1-23H. The second-order valence-corrected chi connectivity index (χ2v) is 9.97. The van der Waals surface area contributed by atoms with Gasteiger partial charge in [-0.15, -0.1) is 0 Å². The Labute approximate surface area is 225 Å². The summed E-state index contributed by atoms with van der Waals surface area (Å²) in [6, 6.07) is 49.4. The first-order valence-corrected chi connectivity index (χ1v) is 13.2. The number of para-hydroxylation sites is 2. The third kappa shape index (κ3) is 3.53. The minimum atomic E-state index is 0.649. The summed E-state index contributed by atoms with van der Waals surface area (Å²) >= 11 is 0. The highest BCUT2D eigenvalue weighted by Gasteiger charge is 2.16. The zero-order valence-electron chi connectivity index (χ0n) is 21.1. The molecule has 8 aromatic rings. The van der Waals surface area contributed by atoms with Gasteiger partial charge < -0.3 is 4.42 Å². The quantitative estimate of drug-likeness (QED) is 0.227. The summed E-state index contributed by atoms with van der Waals surface area (Å²) < 4.78 is 6.03. The van der Waals surface area contributed by atoms with E-state index in [0.29, 0.717) is 5.89 Å². The smallest absolute Gasteiger partial charge is 0.227 e. The van der Waals surface area contributed by atoms with Crippen molar-refractivity contribution in [2.45, 2.75) is 0 Å². The Morgan fingerprint density at radius 2 is 0.923 bits per heavy atom. The van der Waals surface area contributed by atoms with Gasteiger partial charge in [0.2, 0.25) is 5.89 Å². The Balaban J connectivity index is 1.34. The van der Waals surface area contributed by atoms with Crippen molar-refractivity contribution in [1.29, 1.82) is 0 Å². The predicted molar refractivity (Wildman–Crippen MR) is 163 cm³/mol. The van der Waals surface area contributed by atoms with Gasteiger partial charge in [-0.05, 0) is 84.9 Å². The van der Waals surface area contributed by atoms with Gasteiger partial charge in [-0.2, -0.15) is 0 Å². The van der Waals surface area contributed by atoms with Gasteiger partial charge in [0, 0.05) is 5.56 Å². The van der Waals surface area contributed by atoms with Crippen LogP contribution in [0, 0.1) is 0 Å². The maximum Gasteiger partial charge on any atom is 0.227 e. The fourth-order valence-corrected chi connectivity index (χ4v) is 5.89. The minimum absolute atomic E-state index is 0.649.